The van der Waals surface area contributed by atoms with Crippen molar-refractivity contribution in [1.29, 1.82) is 0 Å². The van der Waals surface area contributed by atoms with Gasteiger partial charge < -0.3 is 9.47 Å². The quantitative estimate of drug-likeness (QED) is 0.532. The minimum atomic E-state index is 0.369. The molecule has 1 fully saturated rings. The molecule has 1 aliphatic rings. The molecule has 0 aromatic rings. The van der Waals surface area contributed by atoms with Crippen LogP contribution in [0, 0.1) is 4.91 Å². The minimum absolute atomic E-state index is 0.369. The molecule has 0 radical (unpaired) electrons. The zero-order valence-corrected chi connectivity index (χ0v) is 9.57. The molecule has 1 heterocycles. The van der Waals surface area contributed by atoms with Crippen LogP contribution in [0.25, 0.3) is 0 Å². The first-order valence-electron chi connectivity index (χ1n) is 5.35. The van der Waals surface area contributed by atoms with E-state index in [4.69, 9.17) is 9.47 Å². The average Bonchev–Trinajstić information content (AvgIpc) is 2.28. The number of allylic oxidation sites excluding steroid dienone is 3. The maximum atomic E-state index is 9.91. The standard InChI is InChI=1S/C12H17NO3/c1-10(4-3-7-13-14)5-6-12-11(2)15-8-9-16-12/h5-6H,2-4,7-9H2,1H3/b10-5+,12-6+. The molecular weight excluding hydrogens is 206 g/mol. The van der Waals surface area contributed by atoms with Crippen molar-refractivity contribution in [2.75, 3.05) is 19.8 Å². The number of hydrogen-bond acceptors (Lipinski definition) is 4. The second-order valence-corrected chi connectivity index (χ2v) is 3.62. The van der Waals surface area contributed by atoms with E-state index in [2.05, 4.69) is 11.8 Å². The summed E-state index contributed by atoms with van der Waals surface area (Å²) in [5, 5.41) is 2.82. The van der Waals surface area contributed by atoms with Gasteiger partial charge in [0.15, 0.2) is 11.5 Å². The van der Waals surface area contributed by atoms with E-state index in [1.165, 1.54) is 5.57 Å². The predicted molar refractivity (Wildman–Crippen MR) is 62.8 cm³/mol. The maximum absolute atomic E-state index is 9.91. The molecule has 0 N–H and O–H groups in total. The predicted octanol–water partition coefficient (Wildman–Crippen LogP) is 2.92. The number of rotatable bonds is 5. The van der Waals surface area contributed by atoms with Crippen LogP contribution < -0.4 is 0 Å². The number of ether oxygens (including phenoxy) is 2. The fourth-order valence-corrected chi connectivity index (χ4v) is 1.33. The third-order valence-corrected chi connectivity index (χ3v) is 2.23. The lowest BCUT2D eigenvalue weighted by molar-refractivity contribution is 0.0606. The van der Waals surface area contributed by atoms with E-state index < -0.39 is 0 Å². The van der Waals surface area contributed by atoms with E-state index in [-0.39, 0.29) is 0 Å². The highest BCUT2D eigenvalue weighted by Gasteiger charge is 2.10. The lowest BCUT2D eigenvalue weighted by Crippen LogP contribution is -2.12. The molecule has 0 aromatic carbocycles. The fourth-order valence-electron chi connectivity index (χ4n) is 1.33. The van der Waals surface area contributed by atoms with Gasteiger partial charge in [-0.3, -0.25) is 0 Å². The van der Waals surface area contributed by atoms with E-state index in [9.17, 15) is 4.91 Å². The summed E-state index contributed by atoms with van der Waals surface area (Å²) in [7, 11) is 0. The summed E-state index contributed by atoms with van der Waals surface area (Å²) >= 11 is 0. The van der Waals surface area contributed by atoms with E-state index in [0.717, 1.165) is 12.8 Å². The highest BCUT2D eigenvalue weighted by atomic mass is 16.6. The molecule has 88 valence electrons. The SMILES string of the molecule is C=C1OCCO/C1=C/C=C(\C)CCCN=O. The van der Waals surface area contributed by atoms with Crippen LogP contribution in [0.2, 0.25) is 0 Å². The van der Waals surface area contributed by atoms with Gasteiger partial charge in [-0.15, -0.1) is 0 Å². The minimum Gasteiger partial charge on any atom is -0.487 e. The number of nitroso groups, excluding NO2 is 1. The Balaban J connectivity index is 2.45. The second kappa shape index (κ2) is 6.82. The van der Waals surface area contributed by atoms with E-state index in [0.29, 0.717) is 31.3 Å². The Hall–Kier alpha value is -1.58. The maximum Gasteiger partial charge on any atom is 0.160 e. The summed E-state index contributed by atoms with van der Waals surface area (Å²) in [6, 6.07) is 0. The van der Waals surface area contributed by atoms with Gasteiger partial charge in [-0.05, 0) is 25.8 Å². The van der Waals surface area contributed by atoms with Crippen LogP contribution in [0.4, 0.5) is 0 Å². The summed E-state index contributed by atoms with van der Waals surface area (Å²) in [6.45, 7) is 7.25. The summed E-state index contributed by atoms with van der Waals surface area (Å²) in [6.07, 6.45) is 5.46. The van der Waals surface area contributed by atoms with E-state index in [1.807, 2.05) is 19.1 Å². The first-order valence-corrected chi connectivity index (χ1v) is 5.35. The Morgan fingerprint density at radius 1 is 1.50 bits per heavy atom. The lowest BCUT2D eigenvalue weighted by Gasteiger charge is -2.19. The Kier molecular flexibility index (Phi) is 5.32. The Morgan fingerprint density at radius 3 is 2.94 bits per heavy atom. The summed E-state index contributed by atoms with van der Waals surface area (Å²) in [5.41, 5.74) is 1.18. The van der Waals surface area contributed by atoms with Crippen molar-refractivity contribution in [1.82, 2.24) is 0 Å². The molecule has 4 nitrogen and oxygen atoms in total. The van der Waals surface area contributed by atoms with Crippen LogP contribution in [0.3, 0.4) is 0 Å². The van der Waals surface area contributed by atoms with Gasteiger partial charge in [-0.25, -0.2) is 0 Å². The van der Waals surface area contributed by atoms with Crippen LogP contribution in [-0.2, 0) is 9.47 Å². The summed E-state index contributed by atoms with van der Waals surface area (Å²) < 4.78 is 10.6. The summed E-state index contributed by atoms with van der Waals surface area (Å²) in [4.78, 5) is 9.91. The molecule has 4 heteroatoms. The zero-order valence-electron chi connectivity index (χ0n) is 9.57. The van der Waals surface area contributed by atoms with Crippen molar-refractivity contribution in [2.45, 2.75) is 19.8 Å². The van der Waals surface area contributed by atoms with Gasteiger partial charge >= 0.3 is 0 Å². The molecule has 0 unspecified atom stereocenters. The Labute approximate surface area is 95.6 Å². The first kappa shape index (κ1) is 12.5. The topological polar surface area (TPSA) is 47.9 Å². The van der Waals surface area contributed by atoms with Crippen LogP contribution in [-0.4, -0.2) is 19.8 Å². The van der Waals surface area contributed by atoms with E-state index in [1.54, 1.807) is 0 Å². The number of hydrogen-bond donors (Lipinski definition) is 0. The molecule has 0 saturated carbocycles. The first-order chi connectivity index (χ1) is 7.74. The van der Waals surface area contributed by atoms with Crippen LogP contribution in [0.15, 0.2) is 41.0 Å². The molecule has 16 heavy (non-hydrogen) atoms. The third kappa shape index (κ3) is 4.29. The third-order valence-electron chi connectivity index (χ3n) is 2.23. The average molecular weight is 223 g/mol. The van der Waals surface area contributed by atoms with Crippen molar-refractivity contribution >= 4 is 0 Å². The van der Waals surface area contributed by atoms with Gasteiger partial charge in [-0.1, -0.05) is 23.4 Å². The van der Waals surface area contributed by atoms with Crippen LogP contribution in [0.1, 0.15) is 19.8 Å². The van der Waals surface area contributed by atoms with Gasteiger partial charge in [0.2, 0.25) is 0 Å². The second-order valence-electron chi connectivity index (χ2n) is 3.62. The Bertz CT molecular complexity index is 318. The monoisotopic (exact) mass is 223 g/mol. The zero-order chi connectivity index (χ0) is 11.8. The lowest BCUT2D eigenvalue weighted by atomic mass is 10.1. The molecule has 0 amide bonds. The normalized spacial score (nSPS) is 19.2. The molecule has 0 bridgehead atoms. The molecule has 1 rings (SSSR count). The molecule has 0 atom stereocenters. The van der Waals surface area contributed by atoms with Crippen molar-refractivity contribution < 1.29 is 9.47 Å². The van der Waals surface area contributed by atoms with Gasteiger partial charge in [0.25, 0.3) is 0 Å². The van der Waals surface area contributed by atoms with Crippen molar-refractivity contribution in [3.8, 4) is 0 Å². The van der Waals surface area contributed by atoms with Crippen molar-refractivity contribution in [3.05, 3.63) is 40.7 Å². The van der Waals surface area contributed by atoms with Crippen molar-refractivity contribution in [3.63, 3.8) is 0 Å². The van der Waals surface area contributed by atoms with Gasteiger partial charge in [0.05, 0.1) is 6.54 Å². The van der Waals surface area contributed by atoms with Crippen LogP contribution in [0.5, 0.6) is 0 Å². The molecule has 0 spiro atoms. The van der Waals surface area contributed by atoms with Gasteiger partial charge in [0.1, 0.15) is 13.2 Å². The highest BCUT2D eigenvalue weighted by Crippen LogP contribution is 2.16. The Morgan fingerprint density at radius 2 is 2.25 bits per heavy atom. The molecule has 1 aliphatic heterocycles. The number of nitrogens with zero attached hydrogens (tertiary/aromatic N) is 1. The van der Waals surface area contributed by atoms with Crippen LogP contribution >= 0.6 is 0 Å². The highest BCUT2D eigenvalue weighted by molar-refractivity contribution is 5.24. The van der Waals surface area contributed by atoms with E-state index >= 15 is 0 Å². The molecule has 0 aromatic heterocycles. The fraction of sp³-hybridized carbons (Fsp3) is 0.500. The van der Waals surface area contributed by atoms with Gasteiger partial charge in [0, 0.05) is 0 Å². The smallest absolute Gasteiger partial charge is 0.160 e. The summed E-state index contributed by atoms with van der Waals surface area (Å²) in [5.74, 6) is 1.25. The molecular formula is C12H17NO3. The van der Waals surface area contributed by atoms with Crippen molar-refractivity contribution in [2.24, 2.45) is 5.18 Å². The van der Waals surface area contributed by atoms with Gasteiger partial charge in [-0.2, -0.15) is 4.91 Å². The largest absolute Gasteiger partial charge is 0.487 e. The molecule has 0 aliphatic carbocycles. The molecule has 1 saturated heterocycles.